The van der Waals surface area contributed by atoms with Gasteiger partial charge >= 0.3 is 17.9 Å². The molecule has 1 aliphatic heterocycles. The summed E-state index contributed by atoms with van der Waals surface area (Å²) in [4.78, 5) is 43.8. The number of ether oxygens (including phenoxy) is 1. The van der Waals surface area contributed by atoms with Crippen LogP contribution in [0.25, 0.3) is 0 Å². The minimum Gasteiger partial charge on any atom is -0.473 e. The van der Waals surface area contributed by atoms with Crippen LogP contribution in [-0.4, -0.2) is 83.2 Å². The third kappa shape index (κ3) is 10.7. The molecule has 0 saturated carbocycles. The highest BCUT2D eigenvalue weighted by atomic mass is 16.5. The van der Waals surface area contributed by atoms with Crippen LogP contribution in [0.3, 0.4) is 0 Å². The van der Waals surface area contributed by atoms with Crippen molar-refractivity contribution in [2.75, 3.05) is 33.3 Å². The average molecular weight is 356 g/mol. The molecule has 1 aliphatic rings. The second-order valence-electron chi connectivity index (χ2n) is 5.41. The van der Waals surface area contributed by atoms with Gasteiger partial charge in [-0.25, -0.2) is 9.59 Å². The van der Waals surface area contributed by atoms with Gasteiger partial charge in [0, 0.05) is 26.9 Å². The summed E-state index contributed by atoms with van der Waals surface area (Å²) in [5, 5.41) is 14.8. The number of likely N-dealkylation sites (tertiary alicyclic amines) is 1. The van der Waals surface area contributed by atoms with E-state index in [1.54, 1.807) is 11.9 Å². The Morgan fingerprint density at radius 2 is 1.76 bits per heavy atom. The van der Waals surface area contributed by atoms with E-state index in [0.717, 1.165) is 19.4 Å². The first-order valence-electron chi connectivity index (χ1n) is 7.66. The molecule has 140 valence electrons. The van der Waals surface area contributed by atoms with E-state index in [1.807, 2.05) is 0 Å². The van der Waals surface area contributed by atoms with Crippen molar-refractivity contribution in [3.05, 3.63) is 0 Å². The molecule has 0 spiro atoms. The lowest BCUT2D eigenvalue weighted by atomic mass is 10.2. The second-order valence-corrected chi connectivity index (χ2v) is 5.41. The zero-order valence-corrected chi connectivity index (χ0v) is 14.7. The first-order valence-corrected chi connectivity index (χ1v) is 7.66. The van der Waals surface area contributed by atoms with Gasteiger partial charge in [-0.15, -0.1) is 0 Å². The number of aliphatic carboxylic acids is 2. The molecule has 0 aromatic carbocycles. The topological polar surface area (TPSA) is 124 Å². The zero-order valence-electron chi connectivity index (χ0n) is 14.7. The van der Waals surface area contributed by atoms with E-state index in [-0.39, 0.29) is 17.9 Å². The van der Waals surface area contributed by atoms with Gasteiger partial charge in [0.1, 0.15) is 6.61 Å². The highest BCUT2D eigenvalue weighted by molar-refractivity contribution is 6.27. The maximum absolute atomic E-state index is 11.0. The number of hydrogen-bond acceptors (Lipinski definition) is 6. The SMILES string of the molecule is CC(=O)OC[C@H]1CCCN1CC#CCN(C)C(C)=O.O=C(O)C(=O)O. The van der Waals surface area contributed by atoms with Gasteiger partial charge in [0.15, 0.2) is 0 Å². The van der Waals surface area contributed by atoms with Crippen molar-refractivity contribution < 1.29 is 34.1 Å². The quantitative estimate of drug-likeness (QED) is 0.398. The molecule has 9 nitrogen and oxygen atoms in total. The number of esters is 1. The second kappa shape index (κ2) is 11.9. The van der Waals surface area contributed by atoms with E-state index in [4.69, 9.17) is 24.5 Å². The highest BCUT2D eigenvalue weighted by Crippen LogP contribution is 2.16. The van der Waals surface area contributed by atoms with Gasteiger partial charge < -0.3 is 19.8 Å². The van der Waals surface area contributed by atoms with Crippen molar-refractivity contribution in [2.24, 2.45) is 0 Å². The molecule has 1 heterocycles. The van der Waals surface area contributed by atoms with Crippen molar-refractivity contribution in [3.8, 4) is 11.8 Å². The van der Waals surface area contributed by atoms with Gasteiger partial charge in [0.05, 0.1) is 13.1 Å². The van der Waals surface area contributed by atoms with Gasteiger partial charge in [-0.05, 0) is 19.4 Å². The Hall–Kier alpha value is -2.60. The summed E-state index contributed by atoms with van der Waals surface area (Å²) in [5.74, 6) is 2.19. The fourth-order valence-electron chi connectivity index (χ4n) is 1.95. The van der Waals surface area contributed by atoms with Gasteiger partial charge in [-0.2, -0.15) is 0 Å². The minimum atomic E-state index is -1.82. The van der Waals surface area contributed by atoms with Crippen LogP contribution >= 0.6 is 0 Å². The summed E-state index contributed by atoms with van der Waals surface area (Å²) >= 11 is 0. The first-order chi connectivity index (χ1) is 11.6. The van der Waals surface area contributed by atoms with Crippen LogP contribution < -0.4 is 0 Å². The molecule has 0 radical (unpaired) electrons. The van der Waals surface area contributed by atoms with E-state index in [2.05, 4.69) is 16.7 Å². The van der Waals surface area contributed by atoms with Crippen LogP contribution in [0.4, 0.5) is 0 Å². The number of rotatable bonds is 4. The summed E-state index contributed by atoms with van der Waals surface area (Å²) < 4.78 is 5.05. The van der Waals surface area contributed by atoms with E-state index < -0.39 is 11.9 Å². The minimum absolute atomic E-state index is 0.0169. The lowest BCUT2D eigenvalue weighted by Crippen LogP contribution is -2.34. The Balaban J connectivity index is 0.000000823. The Kier molecular flexibility index (Phi) is 10.6. The van der Waals surface area contributed by atoms with Gasteiger partial charge in [0.2, 0.25) is 5.91 Å². The summed E-state index contributed by atoms with van der Waals surface area (Å²) in [7, 11) is 1.73. The van der Waals surface area contributed by atoms with E-state index in [1.165, 1.54) is 13.8 Å². The fourth-order valence-corrected chi connectivity index (χ4v) is 1.95. The summed E-state index contributed by atoms with van der Waals surface area (Å²) in [6, 6.07) is 0.281. The number of hydrogen-bond donors (Lipinski definition) is 2. The molecule has 1 saturated heterocycles. The smallest absolute Gasteiger partial charge is 0.414 e. The standard InChI is InChI=1S/C14H22N2O3.C2H2O4/c1-12(17)15(3)8-4-5-9-16-10-6-7-14(16)11-19-13(2)18;3-1(4)2(5)6/h14H,6-11H2,1-3H3;(H,3,4)(H,5,6)/t14-;/m1./s1. The number of nitrogens with zero attached hydrogens (tertiary/aromatic N) is 2. The molecule has 0 aliphatic carbocycles. The number of amides is 1. The van der Waals surface area contributed by atoms with E-state index in [9.17, 15) is 9.59 Å². The zero-order chi connectivity index (χ0) is 19.4. The molecule has 1 rings (SSSR count). The molecular weight excluding hydrogens is 332 g/mol. The van der Waals surface area contributed by atoms with Crippen LogP contribution in [0.2, 0.25) is 0 Å². The number of carboxylic acids is 2. The largest absolute Gasteiger partial charge is 0.473 e. The third-order valence-electron chi connectivity index (χ3n) is 3.42. The fraction of sp³-hybridized carbons (Fsp3) is 0.625. The van der Waals surface area contributed by atoms with Crippen molar-refractivity contribution in [1.29, 1.82) is 0 Å². The van der Waals surface area contributed by atoms with Crippen molar-refractivity contribution in [2.45, 2.75) is 32.7 Å². The molecular formula is C16H24N2O7. The van der Waals surface area contributed by atoms with Gasteiger partial charge in [-0.1, -0.05) is 11.8 Å². The first kappa shape index (κ1) is 22.4. The van der Waals surface area contributed by atoms with Crippen LogP contribution in [0.1, 0.15) is 26.7 Å². The molecule has 0 bridgehead atoms. The number of carbonyl (C=O) groups excluding carboxylic acids is 2. The number of carbonyl (C=O) groups is 4. The van der Waals surface area contributed by atoms with Crippen LogP contribution in [0.15, 0.2) is 0 Å². The van der Waals surface area contributed by atoms with Crippen LogP contribution in [0, 0.1) is 11.8 Å². The Morgan fingerprint density at radius 3 is 2.24 bits per heavy atom. The predicted octanol–water partition coefficient (Wildman–Crippen LogP) is -0.349. The molecule has 1 atom stereocenters. The highest BCUT2D eigenvalue weighted by Gasteiger charge is 2.24. The van der Waals surface area contributed by atoms with Gasteiger partial charge in [-0.3, -0.25) is 14.5 Å². The van der Waals surface area contributed by atoms with Crippen LogP contribution in [0.5, 0.6) is 0 Å². The van der Waals surface area contributed by atoms with Crippen molar-refractivity contribution in [3.63, 3.8) is 0 Å². The maximum atomic E-state index is 11.0. The Morgan fingerprint density at radius 1 is 1.16 bits per heavy atom. The molecule has 2 N–H and O–H groups in total. The normalized spacial score (nSPS) is 15.9. The van der Waals surface area contributed by atoms with Crippen molar-refractivity contribution >= 4 is 23.8 Å². The van der Waals surface area contributed by atoms with E-state index >= 15 is 0 Å². The molecule has 0 aromatic rings. The predicted molar refractivity (Wildman–Crippen MR) is 87.6 cm³/mol. The molecule has 1 amide bonds. The molecule has 0 aromatic heterocycles. The summed E-state index contributed by atoms with van der Waals surface area (Å²) in [6.45, 7) is 5.51. The van der Waals surface area contributed by atoms with Gasteiger partial charge in [0.25, 0.3) is 0 Å². The number of carboxylic acid groups (broad SMARTS) is 2. The Labute approximate surface area is 146 Å². The molecule has 0 unspecified atom stereocenters. The third-order valence-corrected chi connectivity index (χ3v) is 3.42. The van der Waals surface area contributed by atoms with Crippen molar-refractivity contribution in [1.82, 2.24) is 9.80 Å². The average Bonchev–Trinajstić information content (AvgIpc) is 2.97. The monoisotopic (exact) mass is 356 g/mol. The summed E-state index contributed by atoms with van der Waals surface area (Å²) in [5.41, 5.74) is 0. The molecule has 25 heavy (non-hydrogen) atoms. The summed E-state index contributed by atoms with van der Waals surface area (Å²) in [6.07, 6.45) is 2.16. The van der Waals surface area contributed by atoms with E-state index in [0.29, 0.717) is 19.7 Å². The lowest BCUT2D eigenvalue weighted by molar-refractivity contribution is -0.159. The van der Waals surface area contributed by atoms with Crippen LogP contribution in [-0.2, 0) is 23.9 Å². The molecule has 9 heteroatoms. The molecule has 1 fully saturated rings. The Bertz CT molecular complexity index is 538. The lowest BCUT2D eigenvalue weighted by Gasteiger charge is -2.21. The maximum Gasteiger partial charge on any atom is 0.414 e.